The van der Waals surface area contributed by atoms with Crippen LogP contribution in [0, 0.1) is 0 Å². The Balaban J connectivity index is 2.22. The SMILES string of the molecule is CC(O)C(NC(=O)c1ccc(-c2cccc(C(F)(F)F)c2)o1)C(=O)NO. The Kier molecular flexibility index (Phi) is 5.68. The van der Waals surface area contributed by atoms with Gasteiger partial charge in [0.05, 0.1) is 11.7 Å². The van der Waals surface area contributed by atoms with E-state index in [1.54, 1.807) is 0 Å². The molecule has 0 radical (unpaired) electrons. The van der Waals surface area contributed by atoms with Crippen molar-refractivity contribution in [2.75, 3.05) is 0 Å². The van der Waals surface area contributed by atoms with Crippen molar-refractivity contribution in [3.8, 4) is 11.3 Å². The van der Waals surface area contributed by atoms with Gasteiger partial charge in [-0.25, -0.2) is 5.48 Å². The monoisotopic (exact) mass is 372 g/mol. The fourth-order valence-corrected chi connectivity index (χ4v) is 2.15. The second-order valence-electron chi connectivity index (χ2n) is 5.41. The van der Waals surface area contributed by atoms with E-state index in [9.17, 15) is 27.9 Å². The van der Waals surface area contributed by atoms with Gasteiger partial charge in [-0.2, -0.15) is 13.2 Å². The molecule has 2 rings (SSSR count). The third-order valence-corrected chi connectivity index (χ3v) is 3.47. The van der Waals surface area contributed by atoms with Crippen molar-refractivity contribution < 1.29 is 37.5 Å². The van der Waals surface area contributed by atoms with Crippen molar-refractivity contribution in [2.24, 2.45) is 0 Å². The number of hydrogen-bond acceptors (Lipinski definition) is 5. The molecular weight excluding hydrogens is 357 g/mol. The van der Waals surface area contributed by atoms with Gasteiger partial charge < -0.3 is 14.8 Å². The van der Waals surface area contributed by atoms with Gasteiger partial charge in [0.1, 0.15) is 11.8 Å². The van der Waals surface area contributed by atoms with Crippen LogP contribution in [-0.4, -0.2) is 34.3 Å². The third kappa shape index (κ3) is 4.41. The molecule has 0 spiro atoms. The van der Waals surface area contributed by atoms with E-state index in [-0.39, 0.29) is 17.1 Å². The number of carbonyl (C=O) groups is 2. The summed E-state index contributed by atoms with van der Waals surface area (Å²) in [5.41, 5.74) is 0.545. The molecule has 0 saturated heterocycles. The first-order valence-electron chi connectivity index (χ1n) is 7.34. The van der Waals surface area contributed by atoms with Crippen LogP contribution in [0.2, 0.25) is 0 Å². The molecule has 26 heavy (non-hydrogen) atoms. The summed E-state index contributed by atoms with van der Waals surface area (Å²) < 4.78 is 43.5. The number of carbonyl (C=O) groups excluding carboxylic acids is 2. The zero-order valence-corrected chi connectivity index (χ0v) is 13.4. The fourth-order valence-electron chi connectivity index (χ4n) is 2.15. The van der Waals surface area contributed by atoms with E-state index < -0.39 is 35.7 Å². The van der Waals surface area contributed by atoms with Gasteiger partial charge in [-0.3, -0.25) is 14.8 Å². The lowest BCUT2D eigenvalue weighted by atomic mass is 10.1. The normalized spacial score (nSPS) is 13.8. The smallest absolute Gasteiger partial charge is 0.416 e. The molecule has 0 saturated carbocycles. The Morgan fingerprint density at radius 1 is 1.19 bits per heavy atom. The van der Waals surface area contributed by atoms with Gasteiger partial charge in [0.2, 0.25) is 0 Å². The molecule has 0 aliphatic heterocycles. The maximum atomic E-state index is 12.8. The predicted octanol–water partition coefficient (Wildman–Crippen LogP) is 1.95. The number of hydrogen-bond donors (Lipinski definition) is 4. The average Bonchev–Trinajstić information content (AvgIpc) is 3.08. The van der Waals surface area contributed by atoms with Crippen LogP contribution in [0.5, 0.6) is 0 Å². The Morgan fingerprint density at radius 3 is 2.46 bits per heavy atom. The van der Waals surface area contributed by atoms with E-state index >= 15 is 0 Å². The van der Waals surface area contributed by atoms with Gasteiger partial charge in [-0.15, -0.1) is 0 Å². The fraction of sp³-hybridized carbons (Fsp3) is 0.250. The molecule has 1 heterocycles. The van der Waals surface area contributed by atoms with Crippen LogP contribution in [0.4, 0.5) is 13.2 Å². The maximum Gasteiger partial charge on any atom is 0.416 e. The number of aliphatic hydroxyl groups is 1. The number of nitrogens with one attached hydrogen (secondary N) is 2. The zero-order valence-electron chi connectivity index (χ0n) is 13.4. The summed E-state index contributed by atoms with van der Waals surface area (Å²) in [6.07, 6.45) is -5.84. The van der Waals surface area contributed by atoms with Gasteiger partial charge in [0, 0.05) is 5.56 Å². The first-order chi connectivity index (χ1) is 12.1. The lowest BCUT2D eigenvalue weighted by molar-refractivity contribution is -0.137. The van der Waals surface area contributed by atoms with Crippen molar-refractivity contribution in [3.05, 3.63) is 47.7 Å². The van der Waals surface area contributed by atoms with Crippen LogP contribution in [0.25, 0.3) is 11.3 Å². The Morgan fingerprint density at radius 2 is 1.88 bits per heavy atom. The number of furan rings is 1. The molecule has 10 heteroatoms. The molecule has 2 amide bonds. The number of aliphatic hydroxyl groups excluding tert-OH is 1. The number of alkyl halides is 3. The van der Waals surface area contributed by atoms with E-state index in [2.05, 4.69) is 5.32 Å². The summed E-state index contributed by atoms with van der Waals surface area (Å²) in [7, 11) is 0. The van der Waals surface area contributed by atoms with E-state index in [4.69, 9.17) is 9.62 Å². The summed E-state index contributed by atoms with van der Waals surface area (Å²) in [6, 6.07) is 5.42. The number of benzene rings is 1. The van der Waals surface area contributed by atoms with Gasteiger partial charge in [-0.1, -0.05) is 12.1 Å². The summed E-state index contributed by atoms with van der Waals surface area (Å²) >= 11 is 0. The van der Waals surface area contributed by atoms with Gasteiger partial charge >= 0.3 is 6.18 Å². The molecule has 2 atom stereocenters. The largest absolute Gasteiger partial charge is 0.451 e. The second kappa shape index (κ2) is 7.58. The van der Waals surface area contributed by atoms with Gasteiger partial charge in [-0.05, 0) is 31.2 Å². The average molecular weight is 372 g/mol. The van der Waals surface area contributed by atoms with Crippen LogP contribution in [-0.2, 0) is 11.0 Å². The topological polar surface area (TPSA) is 112 Å². The molecular formula is C16H15F3N2O5. The van der Waals surface area contributed by atoms with Crippen LogP contribution in [0.15, 0.2) is 40.8 Å². The van der Waals surface area contributed by atoms with Crippen molar-refractivity contribution in [1.29, 1.82) is 0 Å². The molecule has 0 fully saturated rings. The Bertz CT molecular complexity index is 801. The van der Waals surface area contributed by atoms with Crippen molar-refractivity contribution in [3.63, 3.8) is 0 Å². The van der Waals surface area contributed by atoms with E-state index in [0.29, 0.717) is 0 Å². The standard InChI is InChI=1S/C16H15F3N2O5/c1-8(22)13(15(24)21-25)20-14(23)12-6-5-11(26-12)9-3-2-4-10(7-9)16(17,18)19/h2-8,13,22,25H,1H3,(H,20,23)(H,21,24). The minimum absolute atomic E-state index is 0.0152. The highest BCUT2D eigenvalue weighted by Gasteiger charge is 2.31. The van der Waals surface area contributed by atoms with Crippen LogP contribution in [0.1, 0.15) is 23.0 Å². The van der Waals surface area contributed by atoms with Gasteiger partial charge in [0.25, 0.3) is 11.8 Å². The Hall–Kier alpha value is -2.85. The van der Waals surface area contributed by atoms with Crippen LogP contribution < -0.4 is 10.8 Å². The number of rotatable bonds is 5. The number of hydroxylamine groups is 1. The molecule has 2 aromatic rings. The molecule has 140 valence electrons. The molecule has 1 aromatic carbocycles. The first kappa shape index (κ1) is 19.5. The maximum absolute atomic E-state index is 12.8. The second-order valence-corrected chi connectivity index (χ2v) is 5.41. The van der Waals surface area contributed by atoms with Crippen molar-refractivity contribution >= 4 is 11.8 Å². The zero-order chi connectivity index (χ0) is 19.5. The van der Waals surface area contributed by atoms with Crippen molar-refractivity contribution in [2.45, 2.75) is 25.2 Å². The molecule has 7 nitrogen and oxygen atoms in total. The lowest BCUT2D eigenvalue weighted by Crippen LogP contribution is -2.51. The molecule has 0 aliphatic carbocycles. The van der Waals surface area contributed by atoms with E-state index in [1.165, 1.54) is 36.7 Å². The van der Waals surface area contributed by atoms with E-state index in [0.717, 1.165) is 12.1 Å². The highest BCUT2D eigenvalue weighted by molar-refractivity contribution is 5.96. The highest BCUT2D eigenvalue weighted by atomic mass is 19.4. The number of amides is 2. The van der Waals surface area contributed by atoms with Gasteiger partial charge in [0.15, 0.2) is 5.76 Å². The Labute approximate surface area is 145 Å². The minimum Gasteiger partial charge on any atom is -0.451 e. The quantitative estimate of drug-likeness (QED) is 0.474. The molecule has 0 aliphatic rings. The van der Waals surface area contributed by atoms with E-state index in [1.807, 2.05) is 0 Å². The highest BCUT2D eigenvalue weighted by Crippen LogP contribution is 2.32. The van der Waals surface area contributed by atoms with Crippen molar-refractivity contribution in [1.82, 2.24) is 10.8 Å². The van der Waals surface area contributed by atoms with Crippen LogP contribution in [0.3, 0.4) is 0 Å². The first-order valence-corrected chi connectivity index (χ1v) is 7.34. The molecule has 0 bridgehead atoms. The lowest BCUT2D eigenvalue weighted by Gasteiger charge is -2.18. The predicted molar refractivity (Wildman–Crippen MR) is 82.0 cm³/mol. The summed E-state index contributed by atoms with van der Waals surface area (Å²) in [5, 5.41) is 20.2. The molecule has 4 N–H and O–H groups in total. The minimum atomic E-state index is -4.52. The third-order valence-electron chi connectivity index (χ3n) is 3.47. The van der Waals surface area contributed by atoms with Crippen LogP contribution >= 0.6 is 0 Å². The molecule has 1 aromatic heterocycles. The summed E-state index contributed by atoms with van der Waals surface area (Å²) in [5.74, 6) is -2.20. The summed E-state index contributed by atoms with van der Waals surface area (Å²) in [6.45, 7) is 1.22. The number of halogens is 3. The molecule has 2 unspecified atom stereocenters. The summed E-state index contributed by atoms with van der Waals surface area (Å²) in [4.78, 5) is 23.5.